The molecule has 0 aromatic heterocycles. The van der Waals surface area contributed by atoms with Crippen molar-refractivity contribution in [2.75, 3.05) is 0 Å². The van der Waals surface area contributed by atoms with Gasteiger partial charge in [-0.1, -0.05) is 0 Å². The molecule has 0 saturated carbocycles. The van der Waals surface area contributed by atoms with E-state index in [0.29, 0.717) is 0 Å². The van der Waals surface area contributed by atoms with Crippen LogP contribution in [-0.4, -0.2) is 55.8 Å². The first-order valence-electron chi connectivity index (χ1n) is 0. The Balaban J connectivity index is 0. The molecular formula is BiFeMoNa. The summed E-state index contributed by atoms with van der Waals surface area (Å²) in [5.74, 6) is 0. The van der Waals surface area contributed by atoms with Gasteiger partial charge in [0.1, 0.15) is 0 Å². The van der Waals surface area contributed by atoms with E-state index in [1.807, 2.05) is 0 Å². The summed E-state index contributed by atoms with van der Waals surface area (Å²) >= 11 is 0. The molecule has 0 fully saturated rings. The van der Waals surface area contributed by atoms with Crippen molar-refractivity contribution in [2.24, 2.45) is 0 Å². The Morgan fingerprint density at radius 1 is 1.00 bits per heavy atom. The van der Waals surface area contributed by atoms with E-state index in [1.54, 1.807) is 0 Å². The second-order valence-electron chi connectivity index (χ2n) is 0. The molecule has 0 amide bonds. The molecule has 0 nitrogen and oxygen atoms in total. The van der Waals surface area contributed by atoms with Crippen LogP contribution in [0.25, 0.3) is 0 Å². The van der Waals surface area contributed by atoms with Gasteiger partial charge >= 0.3 is 0 Å². The minimum Gasteiger partial charge on any atom is 0 e. The van der Waals surface area contributed by atoms with E-state index in [1.165, 1.54) is 0 Å². The van der Waals surface area contributed by atoms with E-state index in [9.17, 15) is 0 Å². The summed E-state index contributed by atoms with van der Waals surface area (Å²) in [6.07, 6.45) is 0. The van der Waals surface area contributed by atoms with Crippen LogP contribution in [0.3, 0.4) is 0 Å². The molecule has 0 N–H and O–H groups in total. The van der Waals surface area contributed by atoms with Gasteiger partial charge in [-0.05, 0) is 0 Å². The fourth-order valence-corrected chi connectivity index (χ4v) is 0. The van der Waals surface area contributed by atoms with Crippen LogP contribution in [0.1, 0.15) is 0 Å². The molecule has 0 aliphatic rings. The van der Waals surface area contributed by atoms with Crippen LogP contribution in [0.5, 0.6) is 0 Å². The van der Waals surface area contributed by atoms with E-state index < -0.39 is 0 Å². The Hall–Kier alpha value is 3.09. The van der Waals surface area contributed by atoms with E-state index >= 15 is 0 Å². The third-order valence-electron chi connectivity index (χ3n) is 0. The first-order valence-corrected chi connectivity index (χ1v) is 0. The van der Waals surface area contributed by atoms with Crippen molar-refractivity contribution < 1.29 is 38.1 Å². The van der Waals surface area contributed by atoms with Crippen molar-refractivity contribution in [2.45, 2.75) is 0 Å². The van der Waals surface area contributed by atoms with Crippen molar-refractivity contribution in [1.29, 1.82) is 0 Å². The first-order chi connectivity index (χ1) is 0. The Morgan fingerprint density at radius 3 is 1.00 bits per heavy atom. The summed E-state index contributed by atoms with van der Waals surface area (Å²) in [6, 6.07) is 0. The molecule has 0 spiro atoms. The van der Waals surface area contributed by atoms with Gasteiger partial charge in [0, 0.05) is 93.9 Å². The second-order valence-corrected chi connectivity index (χ2v) is 0. The minimum atomic E-state index is 0. The molecule has 4 radical (unpaired) electrons. The predicted octanol–water partition coefficient (Wildman–Crippen LogP) is -0.767. The maximum absolute atomic E-state index is 0. The molecule has 4 heavy (non-hydrogen) atoms. The van der Waals surface area contributed by atoms with E-state index in [-0.39, 0.29) is 93.9 Å². The van der Waals surface area contributed by atoms with Gasteiger partial charge in [0.15, 0.2) is 0 Å². The summed E-state index contributed by atoms with van der Waals surface area (Å²) < 4.78 is 0. The van der Waals surface area contributed by atoms with E-state index in [4.69, 9.17) is 0 Å². The SMILES string of the molecule is [Bi].[Fe].[Mo].[Na]. The zero-order valence-corrected chi connectivity index (χ0v) is 10.8. The molecule has 0 atom stereocenters. The molecule has 0 rings (SSSR count). The van der Waals surface area contributed by atoms with Crippen LogP contribution in [0.4, 0.5) is 0 Å². The molecule has 0 unspecified atom stereocenters. The van der Waals surface area contributed by atoms with Gasteiger partial charge in [-0.25, -0.2) is 0 Å². The zero-order valence-electron chi connectivity index (χ0n) is 2.21. The Bertz CT molecular complexity index is 8.00. The first kappa shape index (κ1) is 27.5. The van der Waals surface area contributed by atoms with E-state index in [2.05, 4.69) is 0 Å². The summed E-state index contributed by atoms with van der Waals surface area (Å²) in [4.78, 5) is 0. The predicted molar refractivity (Wildman–Crippen MR) is 11.5 cm³/mol. The van der Waals surface area contributed by atoms with Gasteiger partial charge in [0.2, 0.25) is 0 Å². The Kier molecular flexibility index (Phi) is 114. The number of rotatable bonds is 0. The molecule has 0 saturated heterocycles. The van der Waals surface area contributed by atoms with Crippen molar-refractivity contribution in [1.82, 2.24) is 0 Å². The van der Waals surface area contributed by atoms with Crippen molar-refractivity contribution in [3.05, 3.63) is 0 Å². The van der Waals surface area contributed by atoms with Gasteiger partial charge in [-0.2, -0.15) is 0 Å². The second kappa shape index (κ2) is 16.5. The zero-order chi connectivity index (χ0) is 0. The summed E-state index contributed by atoms with van der Waals surface area (Å²) in [5.41, 5.74) is 0. The van der Waals surface area contributed by atoms with Crippen LogP contribution in [0, 0.1) is 0 Å². The van der Waals surface area contributed by atoms with E-state index in [0.717, 1.165) is 0 Å². The molecule has 0 aliphatic carbocycles. The number of hydrogen-bond donors (Lipinski definition) is 0. The molecular weight excluding hydrogens is 384 g/mol. The van der Waals surface area contributed by atoms with Crippen molar-refractivity contribution in [3.8, 4) is 0 Å². The van der Waals surface area contributed by atoms with Crippen molar-refractivity contribution in [3.63, 3.8) is 0 Å². The smallest absolute Gasteiger partial charge is 0 e. The van der Waals surface area contributed by atoms with Crippen LogP contribution < -0.4 is 0 Å². The molecule has 4 heteroatoms. The van der Waals surface area contributed by atoms with Gasteiger partial charge in [0.25, 0.3) is 0 Å². The number of hydrogen-bond acceptors (Lipinski definition) is 0. The van der Waals surface area contributed by atoms with Gasteiger partial charge in [-0.3, -0.25) is 0 Å². The fourth-order valence-electron chi connectivity index (χ4n) is 0. The average Bonchev–Trinajstić information content (AvgIpc) is 0. The summed E-state index contributed by atoms with van der Waals surface area (Å²) in [6.45, 7) is 0. The van der Waals surface area contributed by atoms with Gasteiger partial charge < -0.3 is 0 Å². The van der Waals surface area contributed by atoms with Crippen LogP contribution in [0.2, 0.25) is 0 Å². The van der Waals surface area contributed by atoms with Crippen molar-refractivity contribution >= 4 is 55.8 Å². The Labute approximate surface area is 92.0 Å². The third kappa shape index (κ3) is 8.92. The van der Waals surface area contributed by atoms with Crippen LogP contribution >= 0.6 is 0 Å². The largest absolute Gasteiger partial charge is 0 e. The maximum Gasteiger partial charge on any atom is 0 e. The summed E-state index contributed by atoms with van der Waals surface area (Å²) in [7, 11) is 0. The monoisotopic (exact) mass is 386 g/mol. The normalized spacial score (nSPS) is 0. The molecule has 0 aliphatic heterocycles. The molecule has 0 bridgehead atoms. The van der Waals surface area contributed by atoms with Crippen LogP contribution in [0.15, 0.2) is 0 Å². The quantitative estimate of drug-likeness (QED) is 0.482. The Morgan fingerprint density at radius 2 is 1.00 bits per heavy atom. The molecule has 0 aromatic carbocycles. The third-order valence-corrected chi connectivity index (χ3v) is 0. The van der Waals surface area contributed by atoms with Crippen LogP contribution in [-0.2, 0) is 38.1 Å². The minimum absolute atomic E-state index is 0. The van der Waals surface area contributed by atoms with Gasteiger partial charge in [0.05, 0.1) is 0 Å². The summed E-state index contributed by atoms with van der Waals surface area (Å²) in [5, 5.41) is 0. The topological polar surface area (TPSA) is 0 Å². The molecule has 0 aromatic rings. The average molecular weight is 384 g/mol. The fraction of sp³-hybridized carbons (Fsp3) is 0. The molecule has 0 heterocycles. The standard InChI is InChI=1S/Bi.Fe.Mo.Na. The maximum atomic E-state index is 0. The molecule has 20 valence electrons. The van der Waals surface area contributed by atoms with Gasteiger partial charge in [-0.15, -0.1) is 0 Å².